The summed E-state index contributed by atoms with van der Waals surface area (Å²) < 4.78 is 82.9. The highest BCUT2D eigenvalue weighted by Crippen LogP contribution is 2.52. The van der Waals surface area contributed by atoms with Crippen LogP contribution in [0, 0.1) is 23.7 Å². The number of aliphatic hydroxyl groups is 1. The number of hydrogen-bond donors (Lipinski definition) is 1. The van der Waals surface area contributed by atoms with Crippen molar-refractivity contribution in [2.75, 3.05) is 0 Å². The molecule has 2 fully saturated rings. The molecule has 3 aliphatic rings. The first-order valence-electron chi connectivity index (χ1n) is 8.68. The maximum atomic E-state index is 12.9. The zero-order chi connectivity index (χ0) is 19.3. The van der Waals surface area contributed by atoms with E-state index in [4.69, 9.17) is 4.74 Å². The van der Waals surface area contributed by atoms with Gasteiger partial charge in [0.2, 0.25) is 0 Å². The van der Waals surface area contributed by atoms with Crippen molar-refractivity contribution in [1.82, 2.24) is 0 Å². The summed E-state index contributed by atoms with van der Waals surface area (Å²) in [6.07, 6.45) is -8.01. The SMILES string of the molecule is O=C(OC1CCC(C(O)(C(F)(F)F)C(F)(F)F)CC1)C1CC2C=CC1C2. The van der Waals surface area contributed by atoms with Crippen molar-refractivity contribution in [3.8, 4) is 0 Å². The number of carbonyl (C=O) groups is 1. The van der Waals surface area contributed by atoms with Gasteiger partial charge in [0.15, 0.2) is 0 Å². The van der Waals surface area contributed by atoms with Crippen LogP contribution in [-0.2, 0) is 9.53 Å². The van der Waals surface area contributed by atoms with Crippen LogP contribution in [0.4, 0.5) is 26.3 Å². The summed E-state index contributed by atoms with van der Waals surface area (Å²) in [4.78, 5) is 12.2. The Balaban J connectivity index is 1.58. The molecule has 0 aromatic carbocycles. The van der Waals surface area contributed by atoms with Gasteiger partial charge < -0.3 is 9.84 Å². The van der Waals surface area contributed by atoms with Crippen LogP contribution in [0.1, 0.15) is 38.5 Å². The van der Waals surface area contributed by atoms with Gasteiger partial charge in [-0.05, 0) is 50.4 Å². The molecule has 2 saturated carbocycles. The van der Waals surface area contributed by atoms with Gasteiger partial charge >= 0.3 is 18.3 Å². The first-order valence-corrected chi connectivity index (χ1v) is 8.68. The summed E-state index contributed by atoms with van der Waals surface area (Å²) in [6.45, 7) is 0. The van der Waals surface area contributed by atoms with Gasteiger partial charge in [0.25, 0.3) is 5.60 Å². The molecule has 0 amide bonds. The fourth-order valence-electron chi connectivity index (χ4n) is 4.53. The summed E-state index contributed by atoms with van der Waals surface area (Å²) in [6, 6.07) is 0. The van der Waals surface area contributed by atoms with E-state index in [1.54, 1.807) is 0 Å². The van der Waals surface area contributed by atoms with Gasteiger partial charge in [-0.3, -0.25) is 4.79 Å². The molecule has 0 saturated heterocycles. The molecule has 2 bridgehead atoms. The van der Waals surface area contributed by atoms with Crippen molar-refractivity contribution in [2.24, 2.45) is 23.7 Å². The lowest BCUT2D eigenvalue weighted by Gasteiger charge is -2.41. The highest BCUT2D eigenvalue weighted by Gasteiger charge is 2.73. The zero-order valence-electron chi connectivity index (χ0n) is 13.8. The number of esters is 1. The van der Waals surface area contributed by atoms with Crippen LogP contribution in [0.3, 0.4) is 0 Å². The molecule has 1 N–H and O–H groups in total. The van der Waals surface area contributed by atoms with Crippen LogP contribution in [-0.4, -0.2) is 35.1 Å². The van der Waals surface area contributed by atoms with Crippen LogP contribution in [0.15, 0.2) is 12.2 Å². The highest BCUT2D eigenvalue weighted by molar-refractivity contribution is 5.74. The van der Waals surface area contributed by atoms with Crippen molar-refractivity contribution in [3.63, 3.8) is 0 Å². The highest BCUT2D eigenvalue weighted by atomic mass is 19.4. The maximum absolute atomic E-state index is 12.9. The fourth-order valence-corrected chi connectivity index (χ4v) is 4.53. The van der Waals surface area contributed by atoms with E-state index in [2.05, 4.69) is 6.08 Å². The Morgan fingerprint density at radius 1 is 0.923 bits per heavy atom. The van der Waals surface area contributed by atoms with E-state index in [0.29, 0.717) is 12.3 Å². The van der Waals surface area contributed by atoms with Crippen LogP contribution < -0.4 is 0 Å². The molecular formula is C17H20F6O3. The Labute approximate surface area is 146 Å². The third-order valence-corrected chi connectivity index (χ3v) is 5.99. The van der Waals surface area contributed by atoms with E-state index in [0.717, 1.165) is 6.42 Å². The molecule has 26 heavy (non-hydrogen) atoms. The predicted molar refractivity (Wildman–Crippen MR) is 77.7 cm³/mol. The second kappa shape index (κ2) is 6.42. The van der Waals surface area contributed by atoms with Gasteiger partial charge in [0.1, 0.15) is 6.10 Å². The standard InChI is InChI=1S/C17H20F6O3/c18-16(19,20)15(25,17(21,22)23)11-3-5-12(6-4-11)26-14(24)13-8-9-1-2-10(13)7-9/h1-2,9-13,25H,3-8H2. The molecular weight excluding hydrogens is 366 g/mol. The molecule has 3 nitrogen and oxygen atoms in total. The van der Waals surface area contributed by atoms with Gasteiger partial charge in [-0.15, -0.1) is 0 Å². The lowest BCUT2D eigenvalue weighted by Crippen LogP contribution is -2.62. The number of alkyl halides is 6. The van der Waals surface area contributed by atoms with Crippen molar-refractivity contribution < 1.29 is 41.0 Å². The predicted octanol–water partition coefficient (Wildman–Crippen LogP) is 4.16. The number of allylic oxidation sites excluding steroid dienone is 2. The number of rotatable bonds is 3. The third-order valence-electron chi connectivity index (χ3n) is 5.99. The Bertz CT molecular complexity index is 560. The van der Waals surface area contributed by atoms with E-state index in [1.807, 2.05) is 6.08 Å². The second-order valence-electron chi connectivity index (χ2n) is 7.56. The van der Waals surface area contributed by atoms with Crippen LogP contribution in [0.5, 0.6) is 0 Å². The number of hydrogen-bond acceptors (Lipinski definition) is 3. The van der Waals surface area contributed by atoms with E-state index < -0.39 is 48.8 Å². The van der Waals surface area contributed by atoms with Crippen LogP contribution >= 0.6 is 0 Å². The van der Waals surface area contributed by atoms with E-state index in [9.17, 15) is 36.2 Å². The monoisotopic (exact) mass is 386 g/mol. The quantitative estimate of drug-likeness (QED) is 0.450. The molecule has 0 heterocycles. The summed E-state index contributed by atoms with van der Waals surface area (Å²) in [5, 5.41) is 9.46. The van der Waals surface area contributed by atoms with E-state index >= 15 is 0 Å². The van der Waals surface area contributed by atoms with Gasteiger partial charge in [-0.25, -0.2) is 0 Å². The molecule has 3 atom stereocenters. The number of halogens is 6. The van der Waals surface area contributed by atoms with Crippen molar-refractivity contribution in [3.05, 3.63) is 12.2 Å². The molecule has 3 aliphatic carbocycles. The lowest BCUT2D eigenvalue weighted by molar-refractivity contribution is -0.387. The minimum atomic E-state index is -5.81. The van der Waals surface area contributed by atoms with Crippen molar-refractivity contribution >= 4 is 5.97 Å². The molecule has 0 spiro atoms. The van der Waals surface area contributed by atoms with Crippen molar-refractivity contribution in [2.45, 2.75) is 62.6 Å². The minimum Gasteiger partial charge on any atom is -0.462 e. The average Bonchev–Trinajstić information content (AvgIpc) is 3.15. The molecule has 9 heteroatoms. The summed E-state index contributed by atoms with van der Waals surface area (Å²) in [5.74, 6) is -2.23. The number of fused-ring (bicyclic) bond motifs is 2. The van der Waals surface area contributed by atoms with E-state index in [-0.39, 0.29) is 24.7 Å². The Morgan fingerprint density at radius 2 is 1.50 bits per heavy atom. The number of ether oxygens (including phenoxy) is 1. The fraction of sp³-hybridized carbons (Fsp3) is 0.824. The maximum Gasteiger partial charge on any atom is 0.426 e. The van der Waals surface area contributed by atoms with E-state index in [1.165, 1.54) is 0 Å². The first kappa shape index (κ1) is 19.5. The molecule has 3 rings (SSSR count). The molecule has 148 valence electrons. The first-order chi connectivity index (χ1) is 11.9. The van der Waals surface area contributed by atoms with Crippen molar-refractivity contribution in [1.29, 1.82) is 0 Å². The molecule has 3 unspecified atom stereocenters. The molecule has 0 aromatic heterocycles. The molecule has 0 aromatic rings. The van der Waals surface area contributed by atoms with Gasteiger partial charge in [-0.2, -0.15) is 26.3 Å². The van der Waals surface area contributed by atoms with Gasteiger partial charge in [-0.1, -0.05) is 12.2 Å². The van der Waals surface area contributed by atoms with Gasteiger partial charge in [0.05, 0.1) is 5.92 Å². The summed E-state index contributed by atoms with van der Waals surface area (Å²) >= 11 is 0. The lowest BCUT2D eigenvalue weighted by atomic mass is 9.75. The van der Waals surface area contributed by atoms with Crippen LogP contribution in [0.25, 0.3) is 0 Å². The van der Waals surface area contributed by atoms with Gasteiger partial charge in [0, 0.05) is 5.92 Å². The second-order valence-corrected chi connectivity index (χ2v) is 7.56. The summed E-state index contributed by atoms with van der Waals surface area (Å²) in [7, 11) is 0. The average molecular weight is 386 g/mol. The molecule has 0 radical (unpaired) electrons. The molecule has 0 aliphatic heterocycles. The Kier molecular flexibility index (Phi) is 4.82. The van der Waals surface area contributed by atoms with Crippen LogP contribution in [0.2, 0.25) is 0 Å². The Morgan fingerprint density at radius 3 is 1.92 bits per heavy atom. The summed E-state index contributed by atoms with van der Waals surface area (Å²) in [5.41, 5.74) is -4.73. The topological polar surface area (TPSA) is 46.5 Å². The third kappa shape index (κ3) is 3.23. The normalized spacial score (nSPS) is 35.0. The Hall–Kier alpha value is -1.25. The number of carbonyl (C=O) groups excluding carboxylic acids is 1. The smallest absolute Gasteiger partial charge is 0.426 e. The zero-order valence-corrected chi connectivity index (χ0v) is 13.8. The largest absolute Gasteiger partial charge is 0.462 e. The minimum absolute atomic E-state index is 0.115.